The highest BCUT2D eigenvalue weighted by atomic mass is 16.2. The van der Waals surface area contributed by atoms with E-state index < -0.39 is 0 Å². The summed E-state index contributed by atoms with van der Waals surface area (Å²) in [6.07, 6.45) is 17.9. The number of carbonyl (C=O) groups is 1. The monoisotopic (exact) mass is 453 g/mol. The summed E-state index contributed by atoms with van der Waals surface area (Å²) in [5.41, 5.74) is 1.48. The van der Waals surface area contributed by atoms with Gasteiger partial charge in [0.25, 0.3) is 0 Å². The Balaban J connectivity index is 1.20. The molecule has 4 heteroatoms. The third-order valence-electron chi connectivity index (χ3n) is 8.40. The van der Waals surface area contributed by atoms with Gasteiger partial charge in [-0.05, 0) is 88.4 Å². The molecule has 1 aliphatic heterocycles. The van der Waals surface area contributed by atoms with E-state index in [0.717, 1.165) is 32.0 Å². The summed E-state index contributed by atoms with van der Waals surface area (Å²) >= 11 is 0. The van der Waals surface area contributed by atoms with Gasteiger partial charge in [0.2, 0.25) is 0 Å². The van der Waals surface area contributed by atoms with Gasteiger partial charge in [-0.15, -0.1) is 0 Å². The molecule has 1 heterocycles. The van der Waals surface area contributed by atoms with Crippen molar-refractivity contribution in [3.05, 3.63) is 35.9 Å². The number of piperidine rings is 1. The number of amides is 2. The van der Waals surface area contributed by atoms with E-state index in [0.29, 0.717) is 12.0 Å². The van der Waals surface area contributed by atoms with E-state index in [1.54, 1.807) is 0 Å². The second-order valence-corrected chi connectivity index (χ2v) is 11.1. The van der Waals surface area contributed by atoms with Gasteiger partial charge in [-0.3, -0.25) is 0 Å². The lowest BCUT2D eigenvalue weighted by Crippen LogP contribution is -2.48. The Morgan fingerprint density at radius 2 is 1.52 bits per heavy atom. The van der Waals surface area contributed by atoms with Gasteiger partial charge in [0.1, 0.15) is 0 Å². The molecule has 184 valence electrons. The summed E-state index contributed by atoms with van der Waals surface area (Å²) < 4.78 is 0. The van der Waals surface area contributed by atoms with Crippen molar-refractivity contribution in [3.8, 4) is 0 Å². The zero-order valence-electron chi connectivity index (χ0n) is 20.9. The van der Waals surface area contributed by atoms with Crippen LogP contribution in [0.15, 0.2) is 30.3 Å². The SMILES string of the molecule is O=C(NC1CCCCC1)N(CCCN1CCC(Cc2ccccc2)CC1)CC1CCCCC1. The van der Waals surface area contributed by atoms with E-state index in [-0.39, 0.29) is 6.03 Å². The number of hydrogen-bond donors (Lipinski definition) is 1. The highest BCUT2D eigenvalue weighted by Gasteiger charge is 2.24. The van der Waals surface area contributed by atoms with E-state index in [9.17, 15) is 4.79 Å². The third kappa shape index (κ3) is 8.31. The van der Waals surface area contributed by atoms with Gasteiger partial charge in [-0.25, -0.2) is 4.79 Å². The molecule has 3 aliphatic rings. The fraction of sp³-hybridized carbons (Fsp3) is 0.759. The Labute approximate surface area is 202 Å². The van der Waals surface area contributed by atoms with Crippen LogP contribution < -0.4 is 5.32 Å². The fourth-order valence-electron chi connectivity index (χ4n) is 6.32. The number of hydrogen-bond acceptors (Lipinski definition) is 2. The molecule has 33 heavy (non-hydrogen) atoms. The van der Waals surface area contributed by atoms with Crippen molar-refractivity contribution >= 4 is 6.03 Å². The molecule has 1 N–H and O–H groups in total. The number of urea groups is 1. The average Bonchev–Trinajstić information content (AvgIpc) is 2.86. The molecule has 1 saturated heterocycles. The predicted octanol–water partition coefficient (Wildman–Crippen LogP) is 6.26. The van der Waals surface area contributed by atoms with E-state index >= 15 is 0 Å². The number of carbonyl (C=O) groups excluding carboxylic acids is 1. The molecule has 1 aromatic rings. The lowest BCUT2D eigenvalue weighted by molar-refractivity contribution is 0.155. The minimum absolute atomic E-state index is 0.217. The average molecular weight is 454 g/mol. The lowest BCUT2D eigenvalue weighted by atomic mass is 9.89. The fourth-order valence-corrected chi connectivity index (χ4v) is 6.32. The molecule has 0 spiro atoms. The molecule has 4 nitrogen and oxygen atoms in total. The normalized spacial score (nSPS) is 21.7. The van der Waals surface area contributed by atoms with E-state index in [1.165, 1.54) is 102 Å². The Bertz CT molecular complexity index is 673. The molecule has 0 bridgehead atoms. The largest absolute Gasteiger partial charge is 0.335 e. The number of rotatable bonds is 9. The van der Waals surface area contributed by atoms with Crippen molar-refractivity contribution in [1.29, 1.82) is 0 Å². The molecule has 3 fully saturated rings. The summed E-state index contributed by atoms with van der Waals surface area (Å²) in [4.78, 5) is 18.0. The van der Waals surface area contributed by atoms with Gasteiger partial charge in [0.15, 0.2) is 0 Å². The van der Waals surface area contributed by atoms with Crippen LogP contribution in [-0.2, 0) is 6.42 Å². The summed E-state index contributed by atoms with van der Waals surface area (Å²) in [5.74, 6) is 1.54. The first-order chi connectivity index (χ1) is 16.3. The second-order valence-electron chi connectivity index (χ2n) is 11.1. The van der Waals surface area contributed by atoms with Gasteiger partial charge in [0.05, 0.1) is 0 Å². The maximum Gasteiger partial charge on any atom is 0.317 e. The van der Waals surface area contributed by atoms with Crippen LogP contribution in [0.5, 0.6) is 0 Å². The highest BCUT2D eigenvalue weighted by Crippen LogP contribution is 2.25. The Morgan fingerprint density at radius 3 is 2.21 bits per heavy atom. The Morgan fingerprint density at radius 1 is 0.848 bits per heavy atom. The van der Waals surface area contributed by atoms with Gasteiger partial charge in [0, 0.05) is 19.1 Å². The lowest BCUT2D eigenvalue weighted by Gasteiger charge is -2.34. The van der Waals surface area contributed by atoms with Crippen molar-refractivity contribution < 1.29 is 4.79 Å². The predicted molar refractivity (Wildman–Crippen MR) is 137 cm³/mol. The van der Waals surface area contributed by atoms with Crippen LogP contribution in [0, 0.1) is 11.8 Å². The smallest absolute Gasteiger partial charge is 0.317 e. The van der Waals surface area contributed by atoms with Gasteiger partial charge < -0.3 is 15.1 Å². The summed E-state index contributed by atoms with van der Waals surface area (Å²) in [7, 11) is 0. The first-order valence-electron chi connectivity index (χ1n) is 14.1. The molecule has 4 rings (SSSR count). The van der Waals surface area contributed by atoms with Crippen LogP contribution >= 0.6 is 0 Å². The molecule has 0 radical (unpaired) electrons. The number of likely N-dealkylation sites (tertiary alicyclic amines) is 1. The van der Waals surface area contributed by atoms with E-state index in [2.05, 4.69) is 45.4 Å². The van der Waals surface area contributed by atoms with Crippen molar-refractivity contribution in [1.82, 2.24) is 15.1 Å². The molecule has 2 amide bonds. The number of nitrogens with zero attached hydrogens (tertiary/aromatic N) is 2. The van der Waals surface area contributed by atoms with E-state index in [1.807, 2.05) is 0 Å². The number of benzene rings is 1. The van der Waals surface area contributed by atoms with E-state index in [4.69, 9.17) is 0 Å². The van der Waals surface area contributed by atoms with Gasteiger partial charge in [-0.2, -0.15) is 0 Å². The minimum Gasteiger partial charge on any atom is -0.335 e. The molecular formula is C29H47N3O. The minimum atomic E-state index is 0.217. The third-order valence-corrected chi connectivity index (χ3v) is 8.40. The Hall–Kier alpha value is -1.55. The molecule has 2 aliphatic carbocycles. The van der Waals surface area contributed by atoms with Crippen LogP contribution in [0.1, 0.15) is 89.0 Å². The maximum atomic E-state index is 13.2. The van der Waals surface area contributed by atoms with Crippen molar-refractivity contribution in [2.24, 2.45) is 11.8 Å². The maximum absolute atomic E-state index is 13.2. The van der Waals surface area contributed by atoms with Gasteiger partial charge in [-0.1, -0.05) is 68.9 Å². The van der Waals surface area contributed by atoms with Crippen LogP contribution in [0.2, 0.25) is 0 Å². The first-order valence-corrected chi connectivity index (χ1v) is 14.1. The van der Waals surface area contributed by atoms with Crippen LogP contribution in [0.25, 0.3) is 0 Å². The summed E-state index contributed by atoms with van der Waals surface area (Å²) in [6, 6.07) is 11.6. The molecule has 2 saturated carbocycles. The van der Waals surface area contributed by atoms with Gasteiger partial charge >= 0.3 is 6.03 Å². The molecule has 1 aromatic carbocycles. The zero-order valence-corrected chi connectivity index (χ0v) is 20.9. The summed E-state index contributed by atoms with van der Waals surface area (Å²) in [5, 5.41) is 3.40. The van der Waals surface area contributed by atoms with Crippen molar-refractivity contribution in [2.75, 3.05) is 32.7 Å². The molecule has 0 atom stereocenters. The highest BCUT2D eigenvalue weighted by molar-refractivity contribution is 5.74. The van der Waals surface area contributed by atoms with Crippen molar-refractivity contribution in [3.63, 3.8) is 0 Å². The molecule has 0 unspecified atom stereocenters. The van der Waals surface area contributed by atoms with Crippen LogP contribution in [0.3, 0.4) is 0 Å². The standard InChI is InChI=1S/C29H47N3O/c33-29(30-28-15-8-3-9-16-28)32(24-27-13-6-2-7-14-27)20-10-19-31-21-17-26(18-22-31)23-25-11-4-1-5-12-25/h1,4-5,11-12,26-28H,2-3,6-10,13-24H2,(H,30,33). The van der Waals surface area contributed by atoms with Crippen molar-refractivity contribution in [2.45, 2.75) is 95.9 Å². The summed E-state index contributed by atoms with van der Waals surface area (Å²) in [6.45, 7) is 5.45. The zero-order chi connectivity index (χ0) is 22.7. The molecule has 0 aromatic heterocycles. The quantitative estimate of drug-likeness (QED) is 0.479. The van der Waals surface area contributed by atoms with Crippen LogP contribution in [0.4, 0.5) is 4.79 Å². The molecular weight excluding hydrogens is 406 g/mol. The first kappa shape index (κ1) is 24.6. The number of nitrogens with one attached hydrogen (secondary N) is 1. The Kier molecular flexibility index (Phi) is 9.95. The van der Waals surface area contributed by atoms with Crippen LogP contribution in [-0.4, -0.2) is 54.6 Å². The topological polar surface area (TPSA) is 35.6 Å². The second kappa shape index (κ2) is 13.4.